The molecule has 11 heteroatoms. The van der Waals surface area contributed by atoms with Crippen LogP contribution in [0.3, 0.4) is 0 Å². The van der Waals surface area contributed by atoms with Crippen molar-refractivity contribution in [2.24, 2.45) is 10.8 Å². The molecule has 4 rings (SSSR count). The first-order valence-electron chi connectivity index (χ1n) is 12.3. The maximum absolute atomic E-state index is 13.9. The van der Waals surface area contributed by atoms with Gasteiger partial charge in [0.25, 0.3) is 0 Å². The number of ether oxygens (including phenoxy) is 3. The van der Waals surface area contributed by atoms with Crippen molar-refractivity contribution in [3.8, 4) is 0 Å². The standard InChI is InChI=1S/C27H34N4O7/c1-25(2,22(33)36-4)31-15-26(23(34)37-5)19(17-11-7-9-13-28-17)30(3)20(18-12-8-10-14-29-18)27(16-31,21(26)32)24(35)38-6/h7-14,19-21,32H,15-16H2,1-6H3/t19-,20+,21?,26?,27?. The summed E-state index contributed by atoms with van der Waals surface area (Å²) in [5, 5.41) is 12.3. The molecule has 1 N–H and O–H groups in total. The van der Waals surface area contributed by atoms with E-state index in [2.05, 4.69) is 9.97 Å². The van der Waals surface area contributed by atoms with Crippen LogP contribution in [0.25, 0.3) is 0 Å². The number of carbonyl (C=O) groups is 3. The highest BCUT2D eigenvalue weighted by Gasteiger charge is 2.76. The molecule has 5 atom stereocenters. The summed E-state index contributed by atoms with van der Waals surface area (Å²) < 4.78 is 15.7. The van der Waals surface area contributed by atoms with Crippen molar-refractivity contribution in [2.45, 2.75) is 37.6 Å². The number of rotatable bonds is 6. The van der Waals surface area contributed by atoms with E-state index < -0.39 is 52.5 Å². The molecular weight excluding hydrogens is 492 g/mol. The number of carbonyl (C=O) groups excluding carboxylic acids is 3. The van der Waals surface area contributed by atoms with Crippen LogP contribution in [0.5, 0.6) is 0 Å². The van der Waals surface area contributed by atoms with Gasteiger partial charge in [-0.05, 0) is 45.2 Å². The monoisotopic (exact) mass is 526 g/mol. The molecule has 204 valence electrons. The van der Waals surface area contributed by atoms with Crippen molar-refractivity contribution in [2.75, 3.05) is 41.5 Å². The smallest absolute Gasteiger partial charge is 0.325 e. The van der Waals surface area contributed by atoms with Crippen LogP contribution in [0.15, 0.2) is 48.8 Å². The molecular formula is C27H34N4O7. The lowest BCUT2D eigenvalue weighted by molar-refractivity contribution is -0.256. The van der Waals surface area contributed by atoms with Crippen molar-refractivity contribution in [3.63, 3.8) is 0 Å². The van der Waals surface area contributed by atoms with Crippen molar-refractivity contribution in [1.82, 2.24) is 19.8 Å². The largest absolute Gasteiger partial charge is 0.468 e. The minimum absolute atomic E-state index is 0.123. The summed E-state index contributed by atoms with van der Waals surface area (Å²) in [5.41, 5.74) is -3.82. The second-order valence-electron chi connectivity index (χ2n) is 10.4. The van der Waals surface area contributed by atoms with Gasteiger partial charge in [0.05, 0.1) is 50.9 Å². The third kappa shape index (κ3) is 3.79. The van der Waals surface area contributed by atoms with E-state index in [0.717, 1.165) is 0 Å². The van der Waals surface area contributed by atoms with Crippen LogP contribution in [0.4, 0.5) is 0 Å². The minimum atomic E-state index is -1.75. The van der Waals surface area contributed by atoms with Crippen LogP contribution in [0.2, 0.25) is 0 Å². The average molecular weight is 527 g/mol. The van der Waals surface area contributed by atoms with Crippen LogP contribution < -0.4 is 0 Å². The van der Waals surface area contributed by atoms with Gasteiger partial charge in [0.1, 0.15) is 16.4 Å². The van der Waals surface area contributed by atoms with E-state index in [1.165, 1.54) is 21.3 Å². The molecule has 0 saturated carbocycles. The van der Waals surface area contributed by atoms with Crippen LogP contribution in [-0.2, 0) is 28.6 Å². The fraction of sp³-hybridized carbons (Fsp3) is 0.519. The Morgan fingerprint density at radius 3 is 1.66 bits per heavy atom. The van der Waals surface area contributed by atoms with Crippen molar-refractivity contribution >= 4 is 17.9 Å². The van der Waals surface area contributed by atoms with Crippen molar-refractivity contribution in [3.05, 3.63) is 60.2 Å². The Kier molecular flexibility index (Phi) is 7.30. The Balaban J connectivity index is 2.11. The molecule has 3 unspecified atom stereocenters. The van der Waals surface area contributed by atoms with Gasteiger partial charge in [-0.25, -0.2) is 0 Å². The number of esters is 3. The Morgan fingerprint density at radius 2 is 1.32 bits per heavy atom. The number of piperidine rings is 2. The van der Waals surface area contributed by atoms with Crippen LogP contribution in [0.1, 0.15) is 37.3 Å². The summed E-state index contributed by atoms with van der Waals surface area (Å²) in [7, 11) is 5.50. The van der Waals surface area contributed by atoms with Gasteiger partial charge in [0.2, 0.25) is 0 Å². The van der Waals surface area contributed by atoms with E-state index in [1.807, 2.05) is 4.90 Å². The molecule has 2 fully saturated rings. The second kappa shape index (κ2) is 10.0. The molecule has 0 aromatic carbocycles. The van der Waals surface area contributed by atoms with E-state index in [9.17, 15) is 19.5 Å². The first-order chi connectivity index (χ1) is 18.0. The maximum atomic E-state index is 13.9. The topological polar surface area (TPSA) is 131 Å². The van der Waals surface area contributed by atoms with Gasteiger partial charge in [0.15, 0.2) is 0 Å². The Labute approximate surface area is 221 Å². The third-order valence-corrected chi connectivity index (χ3v) is 8.21. The number of aliphatic hydroxyl groups excluding tert-OH is 1. The van der Waals surface area contributed by atoms with Crippen LogP contribution in [-0.4, -0.2) is 95.9 Å². The van der Waals surface area contributed by atoms with E-state index >= 15 is 0 Å². The predicted molar refractivity (Wildman–Crippen MR) is 134 cm³/mol. The van der Waals surface area contributed by atoms with Gasteiger partial charge in [-0.2, -0.15) is 0 Å². The lowest BCUT2D eigenvalue weighted by Crippen LogP contribution is -2.79. The summed E-state index contributed by atoms with van der Waals surface area (Å²) in [4.78, 5) is 53.4. The van der Waals surface area contributed by atoms with Gasteiger partial charge in [0, 0.05) is 25.5 Å². The van der Waals surface area contributed by atoms with Crippen LogP contribution in [0, 0.1) is 10.8 Å². The van der Waals surface area contributed by atoms with E-state index in [1.54, 1.807) is 74.6 Å². The Morgan fingerprint density at radius 1 is 0.868 bits per heavy atom. The summed E-state index contributed by atoms with van der Waals surface area (Å²) in [6.07, 6.45) is 1.60. The summed E-state index contributed by atoms with van der Waals surface area (Å²) in [6.45, 7) is 3.05. The zero-order valence-corrected chi connectivity index (χ0v) is 22.5. The molecule has 0 aliphatic carbocycles. The zero-order valence-electron chi connectivity index (χ0n) is 22.5. The molecule has 4 heterocycles. The molecule has 11 nitrogen and oxygen atoms in total. The summed E-state index contributed by atoms with van der Waals surface area (Å²) >= 11 is 0. The fourth-order valence-corrected chi connectivity index (χ4v) is 6.42. The molecule has 38 heavy (non-hydrogen) atoms. The first kappa shape index (κ1) is 27.6. The number of likely N-dealkylation sites (tertiary alicyclic amines) is 2. The Hall–Kier alpha value is -3.41. The maximum Gasteiger partial charge on any atom is 0.325 e. The van der Waals surface area contributed by atoms with Crippen LogP contribution >= 0.6 is 0 Å². The van der Waals surface area contributed by atoms with Gasteiger partial charge < -0.3 is 19.3 Å². The average Bonchev–Trinajstić information content (AvgIpc) is 2.93. The minimum Gasteiger partial charge on any atom is -0.468 e. The highest BCUT2D eigenvalue weighted by molar-refractivity contribution is 5.87. The van der Waals surface area contributed by atoms with E-state index in [4.69, 9.17) is 14.2 Å². The molecule has 2 aromatic heterocycles. The highest BCUT2D eigenvalue weighted by Crippen LogP contribution is 2.63. The lowest BCUT2D eigenvalue weighted by atomic mass is 9.53. The molecule has 2 aliphatic rings. The second-order valence-corrected chi connectivity index (χ2v) is 10.4. The third-order valence-electron chi connectivity index (χ3n) is 8.21. The predicted octanol–water partition coefficient (Wildman–Crippen LogP) is 1.15. The number of methoxy groups -OCH3 is 3. The number of nitrogens with zero attached hydrogens (tertiary/aromatic N) is 4. The SMILES string of the molecule is COC(=O)C12CN(C(C)(C)C(=O)OC)CC(C(=O)OC)(C1O)[C@@H](c1ccccn1)N(C)[C@H]2c1ccccn1. The number of aromatic nitrogens is 2. The highest BCUT2D eigenvalue weighted by atomic mass is 16.5. The molecule has 2 aromatic rings. The number of hydrogen-bond acceptors (Lipinski definition) is 11. The molecule has 2 aliphatic heterocycles. The quantitative estimate of drug-likeness (QED) is 0.429. The van der Waals surface area contributed by atoms with Crippen molar-refractivity contribution in [1.29, 1.82) is 0 Å². The lowest BCUT2D eigenvalue weighted by Gasteiger charge is -2.65. The first-order valence-corrected chi connectivity index (χ1v) is 12.3. The van der Waals surface area contributed by atoms with E-state index in [-0.39, 0.29) is 13.1 Å². The number of hydrogen-bond donors (Lipinski definition) is 1. The van der Waals surface area contributed by atoms with Gasteiger partial charge in [-0.15, -0.1) is 0 Å². The number of pyridine rings is 2. The number of aliphatic hydroxyl groups is 1. The van der Waals surface area contributed by atoms with E-state index in [0.29, 0.717) is 11.4 Å². The normalized spacial score (nSPS) is 29.8. The molecule has 0 amide bonds. The zero-order chi connectivity index (χ0) is 27.9. The molecule has 0 spiro atoms. The Bertz CT molecular complexity index is 1120. The molecule has 2 saturated heterocycles. The number of fused-ring (bicyclic) bond motifs is 2. The summed E-state index contributed by atoms with van der Waals surface area (Å²) in [5.74, 6) is -2.06. The van der Waals surface area contributed by atoms with Gasteiger partial charge >= 0.3 is 17.9 Å². The van der Waals surface area contributed by atoms with Gasteiger partial charge in [-0.3, -0.25) is 34.2 Å². The fourth-order valence-electron chi connectivity index (χ4n) is 6.42. The van der Waals surface area contributed by atoms with Crippen molar-refractivity contribution < 1.29 is 33.7 Å². The molecule has 0 radical (unpaired) electrons. The molecule has 2 bridgehead atoms. The van der Waals surface area contributed by atoms with Gasteiger partial charge in [-0.1, -0.05) is 12.1 Å². The summed E-state index contributed by atoms with van der Waals surface area (Å²) in [6, 6.07) is 8.83.